The number of hydrazone groups is 1. The van der Waals surface area contributed by atoms with Gasteiger partial charge in [-0.3, -0.25) is 9.59 Å². The molecule has 2 amide bonds. The molecule has 0 bridgehead atoms. The summed E-state index contributed by atoms with van der Waals surface area (Å²) in [5.74, 6) is -0.353. The van der Waals surface area contributed by atoms with Crippen molar-refractivity contribution in [2.45, 2.75) is 17.7 Å². The van der Waals surface area contributed by atoms with E-state index in [1.807, 2.05) is 30.3 Å². The number of hydrogen-bond acceptors (Lipinski definition) is 6. The summed E-state index contributed by atoms with van der Waals surface area (Å²) >= 11 is 1.70. The molecule has 0 unspecified atom stereocenters. The van der Waals surface area contributed by atoms with E-state index < -0.39 is 5.97 Å². The van der Waals surface area contributed by atoms with Gasteiger partial charge in [0.2, 0.25) is 5.91 Å². The van der Waals surface area contributed by atoms with E-state index in [0.29, 0.717) is 12.2 Å². The fraction of sp³-hybridized carbons (Fsp3) is 0.238. The van der Waals surface area contributed by atoms with Crippen molar-refractivity contribution in [1.29, 1.82) is 0 Å². The van der Waals surface area contributed by atoms with E-state index in [0.717, 1.165) is 16.3 Å². The van der Waals surface area contributed by atoms with Crippen LogP contribution in [0, 0.1) is 0 Å². The molecule has 2 aromatic rings. The third-order valence-corrected chi connectivity index (χ3v) is 5.67. The summed E-state index contributed by atoms with van der Waals surface area (Å²) < 4.78 is 5.23. The van der Waals surface area contributed by atoms with Crippen LogP contribution in [0.3, 0.4) is 0 Å². The molecule has 0 atom stereocenters. The first-order valence-corrected chi connectivity index (χ1v) is 10.3. The average Bonchev–Trinajstić information content (AvgIpc) is 2.77. The highest BCUT2D eigenvalue weighted by atomic mass is 32.2. The number of carbonyl (C=O) groups is 3. The number of para-hydroxylation sites is 2. The number of rotatable bonds is 4. The smallest absolute Gasteiger partial charge is 0.355 e. The van der Waals surface area contributed by atoms with E-state index in [2.05, 4.69) is 5.10 Å². The number of nitrogens with zero attached hydrogens (tertiary/aromatic N) is 3. The van der Waals surface area contributed by atoms with Crippen LogP contribution in [0.1, 0.15) is 12.8 Å². The SMILES string of the molecule is O=C(OCC(=O)N1CCSc2ccccc21)C1=NN(c2ccccc2)C(=O)CC1. The number of amides is 2. The molecule has 2 heterocycles. The van der Waals surface area contributed by atoms with Crippen molar-refractivity contribution >= 4 is 46.6 Å². The summed E-state index contributed by atoms with van der Waals surface area (Å²) in [6.45, 7) is 0.200. The molecule has 2 aromatic carbocycles. The van der Waals surface area contributed by atoms with E-state index in [1.54, 1.807) is 40.9 Å². The summed E-state index contributed by atoms with van der Waals surface area (Å²) in [4.78, 5) is 39.9. The van der Waals surface area contributed by atoms with Crippen molar-refractivity contribution < 1.29 is 19.1 Å². The molecule has 2 aliphatic heterocycles. The van der Waals surface area contributed by atoms with E-state index in [4.69, 9.17) is 4.74 Å². The predicted molar refractivity (Wildman–Crippen MR) is 111 cm³/mol. The molecule has 2 aliphatic rings. The van der Waals surface area contributed by atoms with Gasteiger partial charge in [-0.25, -0.2) is 9.80 Å². The van der Waals surface area contributed by atoms with Crippen LogP contribution in [0.4, 0.5) is 11.4 Å². The largest absolute Gasteiger partial charge is 0.451 e. The molecule has 0 radical (unpaired) electrons. The van der Waals surface area contributed by atoms with Gasteiger partial charge in [0.1, 0.15) is 5.71 Å². The molecule has 0 spiro atoms. The highest BCUT2D eigenvalue weighted by Crippen LogP contribution is 2.34. The number of fused-ring (bicyclic) bond motifs is 1. The first-order chi connectivity index (χ1) is 14.1. The third kappa shape index (κ3) is 4.17. The highest BCUT2D eigenvalue weighted by Gasteiger charge is 2.28. The summed E-state index contributed by atoms with van der Waals surface area (Å²) in [5, 5.41) is 5.37. The Bertz CT molecular complexity index is 977. The minimum absolute atomic E-state index is 0.135. The topological polar surface area (TPSA) is 79.3 Å². The van der Waals surface area contributed by atoms with Crippen molar-refractivity contribution in [2.75, 3.05) is 28.8 Å². The van der Waals surface area contributed by atoms with Gasteiger partial charge in [0.15, 0.2) is 6.61 Å². The lowest BCUT2D eigenvalue weighted by Gasteiger charge is -2.28. The van der Waals surface area contributed by atoms with E-state index in [-0.39, 0.29) is 37.0 Å². The van der Waals surface area contributed by atoms with Crippen LogP contribution in [-0.2, 0) is 19.1 Å². The second-order valence-corrected chi connectivity index (χ2v) is 7.66. The van der Waals surface area contributed by atoms with E-state index >= 15 is 0 Å². The summed E-state index contributed by atoms with van der Waals surface area (Å²) in [5.41, 5.74) is 1.55. The zero-order valence-corrected chi connectivity index (χ0v) is 16.4. The number of thioether (sulfide) groups is 1. The monoisotopic (exact) mass is 409 g/mol. The van der Waals surface area contributed by atoms with Gasteiger partial charge in [-0.1, -0.05) is 30.3 Å². The summed E-state index contributed by atoms with van der Waals surface area (Å²) in [6, 6.07) is 16.6. The Morgan fingerprint density at radius 2 is 1.79 bits per heavy atom. The second kappa shape index (κ2) is 8.48. The van der Waals surface area contributed by atoms with Crippen LogP contribution < -0.4 is 9.91 Å². The fourth-order valence-corrected chi connectivity index (χ4v) is 4.18. The second-order valence-electron chi connectivity index (χ2n) is 6.53. The van der Waals surface area contributed by atoms with Gasteiger partial charge in [-0.15, -0.1) is 11.8 Å². The van der Waals surface area contributed by atoms with Crippen LogP contribution in [0.5, 0.6) is 0 Å². The van der Waals surface area contributed by atoms with Crippen molar-refractivity contribution in [3.05, 3.63) is 54.6 Å². The number of esters is 1. The third-order valence-electron chi connectivity index (χ3n) is 4.63. The lowest BCUT2D eigenvalue weighted by molar-refractivity contribution is -0.141. The lowest BCUT2D eigenvalue weighted by Crippen LogP contribution is -2.40. The van der Waals surface area contributed by atoms with Crippen LogP contribution in [0.2, 0.25) is 0 Å². The van der Waals surface area contributed by atoms with Crippen LogP contribution in [-0.4, -0.2) is 42.4 Å². The first kappa shape index (κ1) is 19.2. The summed E-state index contributed by atoms with van der Waals surface area (Å²) in [6.07, 6.45) is 0.353. The number of anilines is 2. The molecule has 7 nitrogen and oxygen atoms in total. The molecule has 0 aromatic heterocycles. The first-order valence-electron chi connectivity index (χ1n) is 9.28. The Balaban J connectivity index is 1.42. The fourth-order valence-electron chi connectivity index (χ4n) is 3.19. The van der Waals surface area contributed by atoms with Gasteiger partial charge in [0, 0.05) is 30.0 Å². The van der Waals surface area contributed by atoms with E-state index in [1.165, 1.54) is 5.01 Å². The number of carbonyl (C=O) groups excluding carboxylic acids is 3. The van der Waals surface area contributed by atoms with Crippen LogP contribution in [0.25, 0.3) is 0 Å². The Morgan fingerprint density at radius 1 is 1.03 bits per heavy atom. The van der Waals surface area contributed by atoms with Crippen molar-refractivity contribution in [3.63, 3.8) is 0 Å². The molecule has 8 heteroatoms. The molecule has 0 saturated heterocycles. The Morgan fingerprint density at radius 3 is 2.62 bits per heavy atom. The number of benzene rings is 2. The van der Waals surface area contributed by atoms with Gasteiger partial charge in [0.25, 0.3) is 5.91 Å². The predicted octanol–water partition coefficient (Wildman–Crippen LogP) is 2.85. The molecule has 0 fully saturated rings. The molecular formula is C21H19N3O4S. The molecule has 29 heavy (non-hydrogen) atoms. The lowest BCUT2D eigenvalue weighted by atomic mass is 10.1. The van der Waals surface area contributed by atoms with Gasteiger partial charge in [-0.2, -0.15) is 5.10 Å². The van der Waals surface area contributed by atoms with Gasteiger partial charge in [-0.05, 0) is 24.3 Å². The van der Waals surface area contributed by atoms with Gasteiger partial charge < -0.3 is 9.64 Å². The quantitative estimate of drug-likeness (QED) is 0.726. The molecule has 0 N–H and O–H groups in total. The molecule has 0 saturated carbocycles. The Labute approximate surface area is 172 Å². The maximum absolute atomic E-state index is 12.6. The van der Waals surface area contributed by atoms with Crippen LogP contribution >= 0.6 is 11.8 Å². The number of hydrogen-bond donors (Lipinski definition) is 0. The van der Waals surface area contributed by atoms with Gasteiger partial charge in [0.05, 0.1) is 11.4 Å². The summed E-state index contributed by atoms with van der Waals surface area (Å²) in [7, 11) is 0. The van der Waals surface area contributed by atoms with Crippen molar-refractivity contribution in [2.24, 2.45) is 5.10 Å². The standard InChI is InChI=1S/C21H19N3O4S/c25-19-11-10-16(22-24(19)15-6-2-1-3-7-15)21(27)28-14-20(26)23-12-13-29-18-9-5-4-8-17(18)23/h1-9H,10-14H2. The highest BCUT2D eigenvalue weighted by molar-refractivity contribution is 7.99. The average molecular weight is 409 g/mol. The molecule has 148 valence electrons. The van der Waals surface area contributed by atoms with E-state index in [9.17, 15) is 14.4 Å². The van der Waals surface area contributed by atoms with Crippen LogP contribution in [0.15, 0.2) is 64.6 Å². The maximum atomic E-state index is 12.6. The van der Waals surface area contributed by atoms with Crippen molar-refractivity contribution in [1.82, 2.24) is 0 Å². The minimum atomic E-state index is -0.675. The maximum Gasteiger partial charge on any atom is 0.355 e. The zero-order chi connectivity index (χ0) is 20.2. The molecule has 0 aliphatic carbocycles. The Kier molecular flexibility index (Phi) is 5.62. The normalized spacial score (nSPS) is 16.1. The number of ether oxygens (including phenoxy) is 1. The molecule has 4 rings (SSSR count). The van der Waals surface area contributed by atoms with Gasteiger partial charge >= 0.3 is 5.97 Å². The van der Waals surface area contributed by atoms with Crippen molar-refractivity contribution in [3.8, 4) is 0 Å². The minimum Gasteiger partial charge on any atom is -0.451 e. The Hall–Kier alpha value is -3.13. The molecular weight excluding hydrogens is 390 g/mol. The zero-order valence-electron chi connectivity index (χ0n) is 15.6.